The molecule has 1 amide bonds. The average Bonchev–Trinajstić information content (AvgIpc) is 3.18. The molecule has 1 aromatic carbocycles. The van der Waals surface area contributed by atoms with Crippen LogP contribution in [0.3, 0.4) is 0 Å². The van der Waals surface area contributed by atoms with Gasteiger partial charge < -0.3 is 14.2 Å². The minimum atomic E-state index is 0.0871. The molecule has 0 radical (unpaired) electrons. The van der Waals surface area contributed by atoms with Gasteiger partial charge >= 0.3 is 0 Å². The molecule has 4 heteroatoms. The van der Waals surface area contributed by atoms with Gasteiger partial charge in [-0.25, -0.2) is 0 Å². The summed E-state index contributed by atoms with van der Waals surface area (Å²) in [6.07, 6.45) is 2.59. The molecule has 24 heavy (non-hydrogen) atoms. The van der Waals surface area contributed by atoms with Crippen LogP contribution in [0.25, 0.3) is 0 Å². The number of amides is 1. The van der Waals surface area contributed by atoms with Gasteiger partial charge in [-0.05, 0) is 50.7 Å². The molecular formula is C20H26N2O2. The van der Waals surface area contributed by atoms with Gasteiger partial charge in [0.15, 0.2) is 0 Å². The topological polar surface area (TPSA) is 36.7 Å². The summed E-state index contributed by atoms with van der Waals surface area (Å²) in [4.78, 5) is 16.8. The van der Waals surface area contributed by atoms with Crippen LogP contribution >= 0.6 is 0 Å². The molecule has 0 unspecified atom stereocenters. The summed E-state index contributed by atoms with van der Waals surface area (Å²) in [6.45, 7) is 4.39. The maximum absolute atomic E-state index is 12.7. The van der Waals surface area contributed by atoms with Gasteiger partial charge in [-0.1, -0.05) is 24.3 Å². The average molecular weight is 326 g/mol. The lowest BCUT2D eigenvalue weighted by Crippen LogP contribution is -2.31. The molecule has 2 aromatic rings. The molecule has 1 aromatic heterocycles. The minimum absolute atomic E-state index is 0.0871. The van der Waals surface area contributed by atoms with E-state index in [1.807, 2.05) is 24.0 Å². The fourth-order valence-corrected chi connectivity index (χ4v) is 3.20. The summed E-state index contributed by atoms with van der Waals surface area (Å²) in [5.74, 6) is 1.54. The van der Waals surface area contributed by atoms with Gasteiger partial charge in [0.05, 0.1) is 6.26 Å². The Balaban J connectivity index is 1.59. The van der Waals surface area contributed by atoms with Crippen molar-refractivity contribution in [2.75, 3.05) is 20.6 Å². The van der Waals surface area contributed by atoms with Crippen molar-refractivity contribution in [3.05, 3.63) is 59.5 Å². The number of rotatable bonds is 7. The summed E-state index contributed by atoms with van der Waals surface area (Å²) in [5, 5.41) is 0. The van der Waals surface area contributed by atoms with Crippen molar-refractivity contribution in [1.29, 1.82) is 0 Å². The lowest BCUT2D eigenvalue weighted by molar-refractivity contribution is -0.133. The van der Waals surface area contributed by atoms with E-state index in [0.717, 1.165) is 25.3 Å². The van der Waals surface area contributed by atoms with Gasteiger partial charge in [0.25, 0.3) is 0 Å². The summed E-state index contributed by atoms with van der Waals surface area (Å²) >= 11 is 0. The molecule has 1 aliphatic carbocycles. The molecule has 3 rings (SSSR count). The first-order chi connectivity index (χ1) is 11.6. The Hall–Kier alpha value is -2.07. The van der Waals surface area contributed by atoms with Crippen molar-refractivity contribution in [2.45, 2.75) is 32.4 Å². The van der Waals surface area contributed by atoms with Crippen molar-refractivity contribution in [2.24, 2.45) is 5.92 Å². The van der Waals surface area contributed by atoms with Crippen molar-refractivity contribution in [1.82, 2.24) is 9.80 Å². The van der Waals surface area contributed by atoms with Crippen LogP contribution in [0, 0.1) is 5.92 Å². The molecule has 0 saturated heterocycles. The molecule has 1 aliphatic rings. The molecule has 1 saturated carbocycles. The number of furan rings is 1. The predicted molar refractivity (Wildman–Crippen MR) is 94.5 cm³/mol. The number of carbonyl (C=O) groups excluding carboxylic acids is 1. The minimum Gasteiger partial charge on any atom is -0.469 e. The SMILES string of the molecule is CCN(Cc1ccc(CN(C)C)cc1)C(=O)[C@@H]1C[C@@H]1c1ccco1. The highest BCUT2D eigenvalue weighted by Gasteiger charge is 2.47. The van der Waals surface area contributed by atoms with Gasteiger partial charge in [-0.15, -0.1) is 0 Å². The van der Waals surface area contributed by atoms with Crippen molar-refractivity contribution in [3.63, 3.8) is 0 Å². The van der Waals surface area contributed by atoms with Crippen molar-refractivity contribution in [3.8, 4) is 0 Å². The normalized spacial score (nSPS) is 19.5. The first-order valence-electron chi connectivity index (χ1n) is 8.63. The molecule has 0 spiro atoms. The molecule has 4 nitrogen and oxygen atoms in total. The lowest BCUT2D eigenvalue weighted by Gasteiger charge is -2.21. The molecule has 0 bridgehead atoms. The van der Waals surface area contributed by atoms with E-state index in [9.17, 15) is 4.79 Å². The first-order valence-corrected chi connectivity index (χ1v) is 8.63. The zero-order chi connectivity index (χ0) is 17.1. The van der Waals surface area contributed by atoms with E-state index in [0.29, 0.717) is 6.54 Å². The highest BCUT2D eigenvalue weighted by molar-refractivity contribution is 5.82. The molecule has 1 heterocycles. The second-order valence-electron chi connectivity index (χ2n) is 6.87. The zero-order valence-corrected chi connectivity index (χ0v) is 14.7. The Kier molecular flexibility index (Phi) is 5.05. The van der Waals surface area contributed by atoms with Crippen LogP contribution in [-0.4, -0.2) is 36.3 Å². The maximum atomic E-state index is 12.7. The number of carbonyl (C=O) groups is 1. The summed E-state index contributed by atoms with van der Waals surface area (Å²) in [7, 11) is 4.13. The standard InChI is InChI=1S/C20H26N2O2/c1-4-22(14-16-9-7-15(8-10-16)13-21(2)3)20(23)18-12-17(18)19-6-5-11-24-19/h5-11,17-18H,4,12-14H2,1-3H3/t17-,18+/m0/s1. The van der Waals surface area contributed by atoms with Crippen LogP contribution in [0.5, 0.6) is 0 Å². The summed E-state index contributed by atoms with van der Waals surface area (Å²) < 4.78 is 5.44. The molecule has 0 N–H and O–H groups in total. The smallest absolute Gasteiger partial charge is 0.226 e. The Labute approximate surface area is 144 Å². The van der Waals surface area contributed by atoms with Gasteiger partial charge in [0.1, 0.15) is 5.76 Å². The van der Waals surface area contributed by atoms with Crippen molar-refractivity contribution < 1.29 is 9.21 Å². The third-order valence-corrected chi connectivity index (χ3v) is 4.60. The van der Waals surface area contributed by atoms with Gasteiger partial charge in [-0.3, -0.25) is 4.79 Å². The number of hydrogen-bond donors (Lipinski definition) is 0. The maximum Gasteiger partial charge on any atom is 0.226 e. The molecule has 2 atom stereocenters. The Morgan fingerprint density at radius 1 is 1.12 bits per heavy atom. The zero-order valence-electron chi connectivity index (χ0n) is 14.7. The van der Waals surface area contributed by atoms with Gasteiger partial charge in [0.2, 0.25) is 5.91 Å². The highest BCUT2D eigenvalue weighted by Crippen LogP contribution is 2.48. The molecule has 1 fully saturated rings. The van der Waals surface area contributed by atoms with Crippen molar-refractivity contribution >= 4 is 5.91 Å². The van der Waals surface area contributed by atoms with E-state index in [1.54, 1.807) is 6.26 Å². The quantitative estimate of drug-likeness (QED) is 0.781. The van der Waals surface area contributed by atoms with E-state index in [2.05, 4.69) is 43.3 Å². The van der Waals surface area contributed by atoms with E-state index in [4.69, 9.17) is 4.42 Å². The predicted octanol–water partition coefficient (Wildman–Crippen LogP) is 3.49. The largest absolute Gasteiger partial charge is 0.469 e. The first kappa shape index (κ1) is 16.8. The van der Waals surface area contributed by atoms with Crippen LogP contribution < -0.4 is 0 Å². The van der Waals surface area contributed by atoms with Crippen LogP contribution in [-0.2, 0) is 17.9 Å². The van der Waals surface area contributed by atoms with E-state index in [1.165, 1.54) is 11.1 Å². The molecule has 0 aliphatic heterocycles. The van der Waals surface area contributed by atoms with E-state index in [-0.39, 0.29) is 17.7 Å². The van der Waals surface area contributed by atoms with Crippen LogP contribution in [0.4, 0.5) is 0 Å². The number of benzene rings is 1. The number of hydrogen-bond acceptors (Lipinski definition) is 3. The third-order valence-electron chi connectivity index (χ3n) is 4.60. The summed E-state index contributed by atoms with van der Waals surface area (Å²) in [5.41, 5.74) is 2.47. The number of nitrogens with zero attached hydrogens (tertiary/aromatic N) is 2. The Morgan fingerprint density at radius 3 is 2.33 bits per heavy atom. The van der Waals surface area contributed by atoms with E-state index < -0.39 is 0 Å². The van der Waals surface area contributed by atoms with Crippen LogP contribution in [0.2, 0.25) is 0 Å². The van der Waals surface area contributed by atoms with Gasteiger partial charge in [-0.2, -0.15) is 0 Å². The monoisotopic (exact) mass is 326 g/mol. The fraction of sp³-hybridized carbons (Fsp3) is 0.450. The summed E-state index contributed by atoms with van der Waals surface area (Å²) in [6, 6.07) is 12.4. The Bertz CT molecular complexity index is 661. The second kappa shape index (κ2) is 7.22. The van der Waals surface area contributed by atoms with Crippen LogP contribution in [0.1, 0.15) is 36.1 Å². The lowest BCUT2D eigenvalue weighted by atomic mass is 10.1. The van der Waals surface area contributed by atoms with Crippen LogP contribution in [0.15, 0.2) is 47.1 Å². The second-order valence-corrected chi connectivity index (χ2v) is 6.87. The van der Waals surface area contributed by atoms with E-state index >= 15 is 0 Å². The third kappa shape index (κ3) is 3.88. The highest BCUT2D eigenvalue weighted by atomic mass is 16.3. The fourth-order valence-electron chi connectivity index (χ4n) is 3.20. The molecular weight excluding hydrogens is 300 g/mol. The van der Waals surface area contributed by atoms with Gasteiger partial charge in [0, 0.05) is 31.5 Å². The Morgan fingerprint density at radius 2 is 1.79 bits per heavy atom. The molecule has 128 valence electrons.